The number of nitrogens with one attached hydrogen (secondary N) is 1. The van der Waals surface area contributed by atoms with E-state index in [1.807, 2.05) is 6.92 Å². The molecule has 1 N–H and O–H groups in total. The minimum atomic E-state index is -3.76. The first-order valence-electron chi connectivity index (χ1n) is 9.15. The minimum Gasteiger partial charge on any atom is -0.326 e. The third-order valence-electron chi connectivity index (χ3n) is 5.22. The maximum atomic E-state index is 13.1. The van der Waals surface area contributed by atoms with Gasteiger partial charge >= 0.3 is 0 Å². The van der Waals surface area contributed by atoms with Gasteiger partial charge in [-0.05, 0) is 59.9 Å². The van der Waals surface area contributed by atoms with Gasteiger partial charge < -0.3 is 5.32 Å². The molecular formula is C19H19ClN4O4S. The Balaban J connectivity index is 1.46. The van der Waals surface area contributed by atoms with Crippen LogP contribution in [0.4, 0.5) is 5.69 Å². The lowest BCUT2D eigenvalue weighted by molar-refractivity contribution is -0.120. The Morgan fingerprint density at radius 1 is 1.17 bits per heavy atom. The van der Waals surface area contributed by atoms with Crippen molar-refractivity contribution in [1.82, 2.24) is 14.6 Å². The molecule has 0 aliphatic carbocycles. The average Bonchev–Trinajstić information content (AvgIpc) is 3.20. The van der Waals surface area contributed by atoms with E-state index in [4.69, 9.17) is 11.6 Å². The summed E-state index contributed by atoms with van der Waals surface area (Å²) in [6, 6.07) is 10.1. The number of carbonyl (C=O) groups is 1. The first kappa shape index (κ1) is 19.8. The number of carbonyl (C=O) groups excluding carboxylic acids is 1. The molecule has 0 radical (unpaired) electrons. The highest BCUT2D eigenvalue weighted by atomic mass is 35.5. The number of nitrogens with zero attached hydrogens (tertiary/aromatic N) is 3. The molecule has 0 bridgehead atoms. The third-order valence-corrected chi connectivity index (χ3v) is 7.56. The summed E-state index contributed by atoms with van der Waals surface area (Å²) in [5.74, 6) is -0.403. The Morgan fingerprint density at radius 3 is 2.66 bits per heavy atom. The molecule has 0 saturated carbocycles. The number of rotatable bonds is 4. The number of halogens is 1. The Hall–Kier alpha value is -2.49. The molecule has 0 unspecified atom stereocenters. The molecule has 4 rings (SSSR count). The number of hydrogen-bond acceptors (Lipinski definition) is 6. The molecule has 0 atom stereocenters. The molecule has 29 heavy (non-hydrogen) atoms. The van der Waals surface area contributed by atoms with Crippen molar-refractivity contribution in [2.75, 3.05) is 18.4 Å². The van der Waals surface area contributed by atoms with Crippen LogP contribution in [0.5, 0.6) is 0 Å². The lowest BCUT2D eigenvalue weighted by Crippen LogP contribution is -2.41. The molecule has 1 amide bonds. The maximum Gasteiger partial charge on any atom is 0.245 e. The molecule has 10 heteroatoms. The van der Waals surface area contributed by atoms with Crippen molar-refractivity contribution in [3.8, 4) is 0 Å². The summed E-state index contributed by atoms with van der Waals surface area (Å²) in [6.45, 7) is 2.33. The van der Waals surface area contributed by atoms with Crippen molar-refractivity contribution >= 4 is 44.3 Å². The molecule has 1 aromatic heterocycles. The maximum absolute atomic E-state index is 13.1. The van der Waals surface area contributed by atoms with Gasteiger partial charge in [0.2, 0.25) is 15.9 Å². The first-order chi connectivity index (χ1) is 13.9. The third kappa shape index (κ3) is 3.73. The molecule has 0 spiro atoms. The van der Waals surface area contributed by atoms with Gasteiger partial charge in [-0.15, -0.1) is 0 Å². The zero-order valence-corrected chi connectivity index (χ0v) is 17.2. The summed E-state index contributed by atoms with van der Waals surface area (Å²) >= 11 is 6.10. The molecule has 3 aromatic rings. The smallest absolute Gasteiger partial charge is 0.245 e. The van der Waals surface area contributed by atoms with E-state index in [0.29, 0.717) is 29.1 Å². The fourth-order valence-corrected chi connectivity index (χ4v) is 5.25. The molecule has 1 aliphatic rings. The lowest BCUT2D eigenvalue weighted by atomic mass is 9.97. The number of anilines is 1. The van der Waals surface area contributed by atoms with E-state index in [0.717, 1.165) is 5.56 Å². The number of hydrogen-bond donors (Lipinski definition) is 1. The molecular weight excluding hydrogens is 416 g/mol. The Morgan fingerprint density at radius 2 is 1.90 bits per heavy atom. The first-order valence-corrected chi connectivity index (χ1v) is 11.0. The van der Waals surface area contributed by atoms with E-state index in [-0.39, 0.29) is 35.3 Å². The summed E-state index contributed by atoms with van der Waals surface area (Å²) in [7, 11) is -3.76. The van der Waals surface area contributed by atoms with Gasteiger partial charge in [-0.1, -0.05) is 23.7 Å². The summed E-state index contributed by atoms with van der Waals surface area (Å²) in [5, 5.41) is 10.9. The fraction of sp³-hybridized carbons (Fsp3) is 0.316. The van der Waals surface area contributed by atoms with Crippen molar-refractivity contribution < 1.29 is 17.8 Å². The molecule has 2 aromatic carbocycles. The fourth-order valence-electron chi connectivity index (χ4n) is 3.46. The Kier molecular flexibility index (Phi) is 5.28. The molecule has 1 fully saturated rings. The summed E-state index contributed by atoms with van der Waals surface area (Å²) in [6.07, 6.45) is 0.857. The van der Waals surface area contributed by atoms with Crippen LogP contribution in [0.1, 0.15) is 18.4 Å². The molecule has 2 heterocycles. The average molecular weight is 435 g/mol. The van der Waals surface area contributed by atoms with Crippen molar-refractivity contribution in [1.29, 1.82) is 0 Å². The second-order valence-electron chi connectivity index (χ2n) is 6.97. The van der Waals surface area contributed by atoms with Crippen LogP contribution in [0.2, 0.25) is 5.02 Å². The van der Waals surface area contributed by atoms with Crippen molar-refractivity contribution in [3.63, 3.8) is 0 Å². The molecule has 8 nitrogen and oxygen atoms in total. The van der Waals surface area contributed by atoms with Gasteiger partial charge in [-0.3, -0.25) is 4.79 Å². The van der Waals surface area contributed by atoms with Crippen LogP contribution >= 0.6 is 11.6 Å². The molecule has 1 saturated heterocycles. The summed E-state index contributed by atoms with van der Waals surface area (Å²) in [4.78, 5) is 12.7. The van der Waals surface area contributed by atoms with Gasteiger partial charge in [0.15, 0.2) is 5.52 Å². The number of fused-ring (bicyclic) bond motifs is 1. The number of amides is 1. The second-order valence-corrected chi connectivity index (χ2v) is 9.28. The van der Waals surface area contributed by atoms with Crippen LogP contribution in [-0.4, -0.2) is 42.0 Å². The van der Waals surface area contributed by atoms with Gasteiger partial charge in [0.1, 0.15) is 10.4 Å². The van der Waals surface area contributed by atoms with Crippen molar-refractivity contribution in [2.24, 2.45) is 5.92 Å². The SMILES string of the molecule is Cc1c(Cl)cccc1NC(=O)C1CCN(S(=O)(=O)c2cccc3nonc23)CC1. The summed E-state index contributed by atoms with van der Waals surface area (Å²) < 4.78 is 32.1. The highest BCUT2D eigenvalue weighted by Crippen LogP contribution is 2.29. The number of aromatic nitrogens is 2. The van der Waals surface area contributed by atoms with Gasteiger partial charge in [-0.25, -0.2) is 13.0 Å². The zero-order valence-electron chi connectivity index (χ0n) is 15.6. The van der Waals surface area contributed by atoms with Crippen LogP contribution in [0.25, 0.3) is 11.0 Å². The second kappa shape index (κ2) is 7.74. The Labute approximate surface area is 172 Å². The van der Waals surface area contributed by atoms with Crippen LogP contribution in [-0.2, 0) is 14.8 Å². The van der Waals surface area contributed by atoms with Gasteiger partial charge in [0.25, 0.3) is 0 Å². The van der Waals surface area contributed by atoms with Crippen LogP contribution in [0.15, 0.2) is 45.9 Å². The van der Waals surface area contributed by atoms with E-state index in [1.54, 1.807) is 30.3 Å². The highest BCUT2D eigenvalue weighted by Gasteiger charge is 2.33. The summed E-state index contributed by atoms with van der Waals surface area (Å²) in [5.41, 5.74) is 2.07. The van der Waals surface area contributed by atoms with E-state index < -0.39 is 10.0 Å². The highest BCUT2D eigenvalue weighted by molar-refractivity contribution is 7.89. The monoisotopic (exact) mass is 434 g/mol. The number of benzene rings is 2. The largest absolute Gasteiger partial charge is 0.326 e. The number of piperidine rings is 1. The quantitative estimate of drug-likeness (QED) is 0.675. The van der Waals surface area contributed by atoms with E-state index in [9.17, 15) is 13.2 Å². The van der Waals surface area contributed by atoms with E-state index in [2.05, 4.69) is 20.3 Å². The molecule has 1 aliphatic heterocycles. The number of sulfonamides is 1. The topological polar surface area (TPSA) is 105 Å². The predicted molar refractivity (Wildman–Crippen MR) is 108 cm³/mol. The Bertz CT molecular complexity index is 1170. The van der Waals surface area contributed by atoms with Crippen LogP contribution in [0, 0.1) is 12.8 Å². The van der Waals surface area contributed by atoms with E-state index >= 15 is 0 Å². The predicted octanol–water partition coefficient (Wildman–Crippen LogP) is 3.22. The van der Waals surface area contributed by atoms with Crippen molar-refractivity contribution in [2.45, 2.75) is 24.7 Å². The van der Waals surface area contributed by atoms with Crippen LogP contribution in [0.3, 0.4) is 0 Å². The van der Waals surface area contributed by atoms with Crippen LogP contribution < -0.4 is 5.32 Å². The molecule has 152 valence electrons. The van der Waals surface area contributed by atoms with Crippen molar-refractivity contribution in [3.05, 3.63) is 47.0 Å². The van der Waals surface area contributed by atoms with E-state index in [1.165, 1.54) is 10.4 Å². The lowest BCUT2D eigenvalue weighted by Gasteiger charge is -2.30. The minimum absolute atomic E-state index is 0.0636. The van der Waals surface area contributed by atoms with Gasteiger partial charge in [0.05, 0.1) is 0 Å². The normalized spacial score (nSPS) is 16.2. The van der Waals surface area contributed by atoms with Gasteiger partial charge in [-0.2, -0.15) is 4.31 Å². The zero-order chi connectivity index (χ0) is 20.6. The van der Waals surface area contributed by atoms with Gasteiger partial charge in [0, 0.05) is 29.7 Å². The standard InChI is InChI=1S/C19H19ClN4O4S/c1-12-14(20)4-2-5-15(12)21-19(25)13-8-10-24(11-9-13)29(26,27)17-7-3-6-16-18(17)23-28-22-16/h2-7,13H,8-11H2,1H3,(H,21,25).